The molecule has 0 aliphatic carbocycles. The minimum atomic E-state index is -0.845. The van der Waals surface area contributed by atoms with Crippen LogP contribution in [0.1, 0.15) is 28.9 Å². The van der Waals surface area contributed by atoms with Gasteiger partial charge in [-0.25, -0.2) is 8.78 Å². The van der Waals surface area contributed by atoms with Crippen molar-refractivity contribution in [1.29, 1.82) is 0 Å². The number of carbonyl (C=O) groups excluding carboxylic acids is 1. The second kappa shape index (κ2) is 5.04. The Morgan fingerprint density at radius 3 is 2.33 bits per heavy atom. The maximum atomic E-state index is 13.5. The van der Waals surface area contributed by atoms with Crippen molar-refractivity contribution in [3.63, 3.8) is 0 Å². The molecule has 2 aromatic rings. The molecule has 0 aliphatic heterocycles. The fraction of sp³-hybridized carbons (Fsp3) is 0.143. The zero-order valence-electron chi connectivity index (χ0n) is 9.73. The predicted octanol–water partition coefficient (Wildman–Crippen LogP) is 3.35. The third kappa shape index (κ3) is 2.27. The first-order valence-electron chi connectivity index (χ1n) is 5.50. The number of aromatic nitrogens is 1. The van der Waals surface area contributed by atoms with Gasteiger partial charge in [0, 0.05) is 6.20 Å². The van der Waals surface area contributed by atoms with E-state index in [0.29, 0.717) is 5.69 Å². The van der Waals surface area contributed by atoms with Gasteiger partial charge in [-0.05, 0) is 31.2 Å². The largest absolute Gasteiger partial charge is 0.293 e. The average Bonchev–Trinajstić information content (AvgIpc) is 2.38. The van der Waals surface area contributed by atoms with Gasteiger partial charge in [-0.1, -0.05) is 12.1 Å². The van der Waals surface area contributed by atoms with E-state index in [1.165, 1.54) is 12.3 Å². The zero-order valence-corrected chi connectivity index (χ0v) is 9.73. The lowest BCUT2D eigenvalue weighted by Gasteiger charge is -2.11. The third-order valence-electron chi connectivity index (χ3n) is 2.73. The molecule has 0 saturated carbocycles. The number of hydrogen-bond acceptors (Lipinski definition) is 2. The van der Waals surface area contributed by atoms with Crippen molar-refractivity contribution in [2.75, 3.05) is 0 Å². The van der Waals surface area contributed by atoms with Crippen LogP contribution in [0.15, 0.2) is 42.6 Å². The third-order valence-corrected chi connectivity index (χ3v) is 2.73. The first-order valence-corrected chi connectivity index (χ1v) is 5.50. The van der Waals surface area contributed by atoms with Crippen LogP contribution in [-0.2, 0) is 0 Å². The van der Waals surface area contributed by atoms with Crippen molar-refractivity contribution in [2.24, 2.45) is 0 Å². The predicted molar refractivity (Wildman–Crippen MR) is 63.3 cm³/mol. The number of ketones is 1. The Balaban J connectivity index is 2.38. The number of carbonyl (C=O) groups is 1. The molecule has 0 radical (unpaired) electrons. The van der Waals surface area contributed by atoms with Crippen LogP contribution in [0.25, 0.3) is 0 Å². The second-order valence-electron chi connectivity index (χ2n) is 3.94. The van der Waals surface area contributed by atoms with Crippen molar-refractivity contribution < 1.29 is 13.6 Å². The van der Waals surface area contributed by atoms with Gasteiger partial charge in [-0.2, -0.15) is 0 Å². The number of nitrogens with zero attached hydrogens (tertiary/aromatic N) is 1. The topological polar surface area (TPSA) is 30.0 Å². The summed E-state index contributed by atoms with van der Waals surface area (Å²) in [5.41, 5.74) is -0.0131. The first-order chi connectivity index (χ1) is 8.61. The van der Waals surface area contributed by atoms with E-state index in [4.69, 9.17) is 0 Å². The van der Waals surface area contributed by atoms with Crippen molar-refractivity contribution in [3.05, 3.63) is 65.5 Å². The Morgan fingerprint density at radius 1 is 1.11 bits per heavy atom. The molecule has 0 saturated heterocycles. The smallest absolute Gasteiger partial charge is 0.177 e. The maximum absolute atomic E-state index is 13.5. The summed E-state index contributed by atoms with van der Waals surface area (Å²) in [6.45, 7) is 1.58. The monoisotopic (exact) mass is 247 g/mol. The highest BCUT2D eigenvalue weighted by Crippen LogP contribution is 2.22. The van der Waals surface area contributed by atoms with Crippen LogP contribution < -0.4 is 0 Å². The van der Waals surface area contributed by atoms with Gasteiger partial charge in [0.15, 0.2) is 5.78 Å². The van der Waals surface area contributed by atoms with Gasteiger partial charge in [0.2, 0.25) is 0 Å². The number of benzene rings is 1. The van der Waals surface area contributed by atoms with E-state index in [1.807, 2.05) is 0 Å². The summed E-state index contributed by atoms with van der Waals surface area (Å²) in [5, 5.41) is 0. The molecule has 2 nitrogen and oxygen atoms in total. The Hall–Kier alpha value is -2.10. The minimum absolute atomic E-state index is 0.491. The molecular formula is C14H11F2NO. The Labute approximate surface area is 103 Å². The normalized spacial score (nSPS) is 12.2. The molecule has 2 rings (SSSR count). The molecular weight excluding hydrogens is 236 g/mol. The summed E-state index contributed by atoms with van der Waals surface area (Å²) in [7, 11) is 0. The van der Waals surface area contributed by atoms with Crippen molar-refractivity contribution in [3.8, 4) is 0 Å². The van der Waals surface area contributed by atoms with E-state index in [2.05, 4.69) is 4.98 Å². The van der Waals surface area contributed by atoms with Gasteiger partial charge in [-0.15, -0.1) is 0 Å². The molecule has 0 amide bonds. The highest BCUT2D eigenvalue weighted by atomic mass is 19.1. The zero-order chi connectivity index (χ0) is 13.1. The first kappa shape index (κ1) is 12.4. The van der Waals surface area contributed by atoms with E-state index in [9.17, 15) is 13.6 Å². The van der Waals surface area contributed by atoms with Crippen LogP contribution in [0.2, 0.25) is 0 Å². The van der Waals surface area contributed by atoms with E-state index < -0.39 is 28.9 Å². The van der Waals surface area contributed by atoms with E-state index >= 15 is 0 Å². The van der Waals surface area contributed by atoms with Crippen LogP contribution in [0.5, 0.6) is 0 Å². The van der Waals surface area contributed by atoms with E-state index in [0.717, 1.165) is 12.1 Å². The molecule has 1 unspecified atom stereocenters. The molecule has 18 heavy (non-hydrogen) atoms. The van der Waals surface area contributed by atoms with Crippen LogP contribution in [0.4, 0.5) is 8.78 Å². The van der Waals surface area contributed by atoms with Gasteiger partial charge < -0.3 is 0 Å². The number of hydrogen-bond donors (Lipinski definition) is 0. The van der Waals surface area contributed by atoms with Crippen molar-refractivity contribution in [1.82, 2.24) is 4.98 Å². The molecule has 1 heterocycles. The van der Waals surface area contributed by atoms with Crippen LogP contribution in [-0.4, -0.2) is 10.8 Å². The number of rotatable bonds is 3. The van der Waals surface area contributed by atoms with Gasteiger partial charge >= 0.3 is 0 Å². The highest BCUT2D eigenvalue weighted by molar-refractivity contribution is 6.00. The summed E-state index contributed by atoms with van der Waals surface area (Å²) in [6.07, 6.45) is 1.54. The fourth-order valence-corrected chi connectivity index (χ4v) is 1.72. The summed E-state index contributed by atoms with van der Waals surface area (Å²) in [5.74, 6) is -2.98. The Morgan fingerprint density at radius 2 is 1.78 bits per heavy atom. The van der Waals surface area contributed by atoms with Gasteiger partial charge in [-0.3, -0.25) is 9.78 Å². The number of halogens is 2. The number of Topliss-reactive ketones (excluding diaryl/α,β-unsaturated/α-hetero) is 1. The van der Waals surface area contributed by atoms with E-state index in [-0.39, 0.29) is 0 Å². The Bertz CT molecular complexity index is 549. The fourth-order valence-electron chi connectivity index (χ4n) is 1.72. The van der Waals surface area contributed by atoms with Crippen LogP contribution in [0, 0.1) is 11.6 Å². The molecule has 4 heteroatoms. The quantitative estimate of drug-likeness (QED) is 0.778. The number of pyridine rings is 1. The molecule has 0 aliphatic rings. The SMILES string of the molecule is CC(C(=O)c1c(F)cccc1F)c1ccccn1. The lowest BCUT2D eigenvalue weighted by Crippen LogP contribution is -2.14. The molecule has 0 N–H and O–H groups in total. The molecule has 1 aromatic heterocycles. The minimum Gasteiger partial charge on any atom is -0.293 e. The highest BCUT2D eigenvalue weighted by Gasteiger charge is 2.24. The molecule has 92 valence electrons. The standard InChI is InChI=1S/C14H11F2NO/c1-9(12-7-2-3-8-17-12)14(18)13-10(15)5-4-6-11(13)16/h2-9H,1H3. The van der Waals surface area contributed by atoms with Crippen molar-refractivity contribution in [2.45, 2.75) is 12.8 Å². The summed E-state index contributed by atoms with van der Waals surface area (Å²) < 4.78 is 27.0. The van der Waals surface area contributed by atoms with Gasteiger partial charge in [0.25, 0.3) is 0 Å². The van der Waals surface area contributed by atoms with E-state index in [1.54, 1.807) is 25.1 Å². The Kier molecular flexibility index (Phi) is 3.46. The molecule has 0 spiro atoms. The lowest BCUT2D eigenvalue weighted by atomic mass is 9.95. The molecule has 1 aromatic carbocycles. The lowest BCUT2D eigenvalue weighted by molar-refractivity contribution is 0.0956. The second-order valence-corrected chi connectivity index (χ2v) is 3.94. The molecule has 0 fully saturated rings. The summed E-state index contributed by atoms with van der Waals surface area (Å²) >= 11 is 0. The molecule has 1 atom stereocenters. The van der Waals surface area contributed by atoms with Gasteiger partial charge in [0.1, 0.15) is 11.6 Å². The molecule has 0 bridgehead atoms. The van der Waals surface area contributed by atoms with Crippen LogP contribution in [0.3, 0.4) is 0 Å². The maximum Gasteiger partial charge on any atom is 0.177 e. The van der Waals surface area contributed by atoms with Gasteiger partial charge in [0.05, 0.1) is 17.2 Å². The average molecular weight is 247 g/mol. The van der Waals surface area contributed by atoms with Crippen molar-refractivity contribution >= 4 is 5.78 Å². The van der Waals surface area contributed by atoms with Crippen LogP contribution >= 0.6 is 0 Å². The summed E-state index contributed by atoms with van der Waals surface area (Å²) in [6, 6.07) is 8.46. The summed E-state index contributed by atoms with van der Waals surface area (Å²) in [4.78, 5) is 16.1.